The van der Waals surface area contributed by atoms with Crippen molar-refractivity contribution < 1.29 is 26.7 Å². The molecule has 1 N–H and O–H groups in total. The van der Waals surface area contributed by atoms with Gasteiger partial charge < -0.3 is 5.11 Å². The number of nitrogens with zero attached hydrogens (tertiary/aromatic N) is 1. The number of rotatable bonds is 7. The van der Waals surface area contributed by atoms with Crippen molar-refractivity contribution in [2.24, 2.45) is 0 Å². The standard InChI is InChI=1S/C18H22F3NO3S/c1-22(13-5-6-14-23)26(24,25)17(18(19,20)21)11-9-16(10-12-17)15-7-3-2-4-8-15/h2-4,7-11,23H,5-6,12-14H2,1H3. The molecule has 0 spiro atoms. The molecule has 1 aliphatic carbocycles. The van der Waals surface area contributed by atoms with Gasteiger partial charge in [-0.2, -0.15) is 13.2 Å². The van der Waals surface area contributed by atoms with Gasteiger partial charge in [0.2, 0.25) is 14.8 Å². The third-order valence-electron chi connectivity index (χ3n) is 4.50. The summed E-state index contributed by atoms with van der Waals surface area (Å²) in [6, 6.07) is 8.84. The first-order valence-corrected chi connectivity index (χ1v) is 9.68. The molecule has 0 aliphatic heterocycles. The number of sulfonamides is 1. The summed E-state index contributed by atoms with van der Waals surface area (Å²) in [6.45, 7) is -0.217. The van der Waals surface area contributed by atoms with E-state index in [1.807, 2.05) is 0 Å². The van der Waals surface area contributed by atoms with Crippen LogP contribution in [0.2, 0.25) is 0 Å². The fourth-order valence-corrected chi connectivity index (χ4v) is 4.61. The van der Waals surface area contributed by atoms with Crippen LogP contribution in [0, 0.1) is 0 Å². The zero-order valence-electron chi connectivity index (χ0n) is 14.4. The SMILES string of the molecule is CN(CCCCO)S(=O)(=O)C1(C(F)(F)F)C=CC(c2ccccc2)=CC1. The Labute approximate surface area is 151 Å². The molecule has 0 saturated heterocycles. The van der Waals surface area contributed by atoms with Crippen molar-refractivity contribution in [2.45, 2.75) is 30.2 Å². The van der Waals surface area contributed by atoms with Gasteiger partial charge >= 0.3 is 6.18 Å². The Balaban J connectivity index is 2.35. The molecule has 1 aliphatic rings. The number of benzene rings is 1. The second-order valence-electron chi connectivity index (χ2n) is 6.21. The number of halogens is 3. The minimum absolute atomic E-state index is 0.0795. The van der Waals surface area contributed by atoms with Crippen molar-refractivity contribution in [3.8, 4) is 0 Å². The highest BCUT2D eigenvalue weighted by atomic mass is 32.2. The van der Waals surface area contributed by atoms with Gasteiger partial charge in [0.05, 0.1) is 0 Å². The van der Waals surface area contributed by atoms with E-state index in [-0.39, 0.29) is 19.6 Å². The second kappa shape index (κ2) is 7.94. The number of hydrogen-bond acceptors (Lipinski definition) is 3. The fraction of sp³-hybridized carbons (Fsp3) is 0.444. The summed E-state index contributed by atoms with van der Waals surface area (Å²) < 4.78 is 64.8. The summed E-state index contributed by atoms with van der Waals surface area (Å²) in [5.41, 5.74) is 1.29. The highest BCUT2D eigenvalue weighted by Gasteiger charge is 2.63. The summed E-state index contributed by atoms with van der Waals surface area (Å²) >= 11 is 0. The van der Waals surface area contributed by atoms with Crippen molar-refractivity contribution in [1.82, 2.24) is 4.31 Å². The van der Waals surface area contributed by atoms with Crippen LogP contribution >= 0.6 is 0 Å². The van der Waals surface area contributed by atoms with Gasteiger partial charge in [-0.1, -0.05) is 48.6 Å². The van der Waals surface area contributed by atoms with Gasteiger partial charge in [-0.25, -0.2) is 12.7 Å². The lowest BCUT2D eigenvalue weighted by Crippen LogP contribution is -2.55. The summed E-state index contributed by atoms with van der Waals surface area (Å²) in [5, 5.41) is 8.78. The lowest BCUT2D eigenvalue weighted by molar-refractivity contribution is -0.150. The highest BCUT2D eigenvalue weighted by molar-refractivity contribution is 7.90. The zero-order valence-corrected chi connectivity index (χ0v) is 15.2. The molecule has 1 unspecified atom stereocenters. The number of allylic oxidation sites excluding steroid dienone is 3. The van der Waals surface area contributed by atoms with Crippen LogP contribution in [0.3, 0.4) is 0 Å². The summed E-state index contributed by atoms with van der Waals surface area (Å²) in [6.07, 6.45) is -1.71. The first-order valence-electron chi connectivity index (χ1n) is 8.24. The van der Waals surface area contributed by atoms with Crippen molar-refractivity contribution in [3.05, 3.63) is 54.1 Å². The topological polar surface area (TPSA) is 57.6 Å². The quantitative estimate of drug-likeness (QED) is 0.728. The maximum atomic E-state index is 13.8. The molecule has 0 aromatic heterocycles. The fourth-order valence-electron chi connectivity index (χ4n) is 2.86. The second-order valence-corrected chi connectivity index (χ2v) is 8.51. The van der Waals surface area contributed by atoms with Crippen molar-refractivity contribution in [2.75, 3.05) is 20.2 Å². The number of aliphatic hydroxyl groups is 1. The smallest absolute Gasteiger partial charge is 0.396 e. The Morgan fingerprint density at radius 3 is 2.35 bits per heavy atom. The van der Waals surface area contributed by atoms with Crippen molar-refractivity contribution in [1.29, 1.82) is 0 Å². The molecule has 1 aromatic carbocycles. The summed E-state index contributed by atoms with van der Waals surface area (Å²) in [7, 11) is -3.53. The van der Waals surface area contributed by atoms with Gasteiger partial charge in [0, 0.05) is 20.2 Å². The summed E-state index contributed by atoms with van der Waals surface area (Å²) in [5.74, 6) is 0. The van der Waals surface area contributed by atoms with Gasteiger partial charge in [0.15, 0.2) is 0 Å². The molecule has 4 nitrogen and oxygen atoms in total. The molecule has 0 fully saturated rings. The van der Waals surface area contributed by atoms with E-state index < -0.39 is 27.4 Å². The summed E-state index contributed by atoms with van der Waals surface area (Å²) in [4.78, 5) is 0. The van der Waals surface area contributed by atoms with Crippen molar-refractivity contribution in [3.63, 3.8) is 0 Å². The third kappa shape index (κ3) is 3.87. The van der Waals surface area contributed by atoms with E-state index in [0.29, 0.717) is 12.0 Å². The minimum atomic E-state index is -4.95. The van der Waals surface area contributed by atoms with Gasteiger partial charge in [0.1, 0.15) is 0 Å². The van der Waals surface area contributed by atoms with Crippen LogP contribution in [-0.2, 0) is 10.0 Å². The molecule has 8 heteroatoms. The average Bonchev–Trinajstić information content (AvgIpc) is 2.61. The average molecular weight is 389 g/mol. The molecule has 0 amide bonds. The highest BCUT2D eigenvalue weighted by Crippen LogP contribution is 2.45. The van der Waals surface area contributed by atoms with E-state index in [1.54, 1.807) is 30.3 Å². The predicted octanol–water partition coefficient (Wildman–Crippen LogP) is 3.37. The first kappa shape index (κ1) is 20.7. The Morgan fingerprint density at radius 1 is 1.19 bits per heavy atom. The maximum Gasteiger partial charge on any atom is 0.413 e. The van der Waals surface area contributed by atoms with Crippen LogP contribution in [0.5, 0.6) is 0 Å². The van der Waals surface area contributed by atoms with Crippen molar-refractivity contribution >= 4 is 15.6 Å². The molecular formula is C18H22F3NO3S. The van der Waals surface area contributed by atoms with E-state index in [1.165, 1.54) is 12.2 Å². The van der Waals surface area contributed by atoms with E-state index in [4.69, 9.17) is 5.11 Å². The van der Waals surface area contributed by atoms with E-state index in [2.05, 4.69) is 0 Å². The number of hydrogen-bond donors (Lipinski definition) is 1. The maximum absolute atomic E-state index is 13.8. The van der Waals surface area contributed by atoms with Crippen LogP contribution < -0.4 is 0 Å². The normalized spacial score (nSPS) is 21.1. The van der Waals surface area contributed by atoms with Gasteiger partial charge in [-0.15, -0.1) is 0 Å². The molecule has 2 rings (SSSR count). The van der Waals surface area contributed by atoms with Gasteiger partial charge in [-0.3, -0.25) is 0 Å². The molecule has 0 saturated carbocycles. The first-order chi connectivity index (χ1) is 12.2. The molecule has 1 aromatic rings. The van der Waals surface area contributed by atoms with E-state index >= 15 is 0 Å². The molecule has 144 valence electrons. The Hall–Kier alpha value is -1.64. The monoisotopic (exact) mass is 389 g/mol. The molecule has 0 bridgehead atoms. The van der Waals surface area contributed by atoms with Crippen LogP contribution in [-0.4, -0.2) is 49.0 Å². The largest absolute Gasteiger partial charge is 0.413 e. The molecule has 26 heavy (non-hydrogen) atoms. The zero-order chi connectivity index (χ0) is 19.4. The lowest BCUT2D eigenvalue weighted by atomic mass is 9.92. The molecular weight excluding hydrogens is 367 g/mol. The number of alkyl halides is 3. The predicted molar refractivity (Wildman–Crippen MR) is 94.8 cm³/mol. The number of aliphatic hydroxyl groups excluding tert-OH is 1. The minimum Gasteiger partial charge on any atom is -0.396 e. The van der Waals surface area contributed by atoms with Gasteiger partial charge in [0.25, 0.3) is 0 Å². The molecule has 0 heterocycles. The third-order valence-corrected chi connectivity index (χ3v) is 6.95. The Morgan fingerprint density at radius 2 is 1.85 bits per heavy atom. The van der Waals surface area contributed by atoms with Crippen LogP contribution in [0.25, 0.3) is 5.57 Å². The van der Waals surface area contributed by atoms with E-state index in [9.17, 15) is 21.6 Å². The Kier molecular flexibility index (Phi) is 6.31. The number of unbranched alkanes of at least 4 members (excludes halogenated alkanes) is 1. The van der Waals surface area contributed by atoms with Crippen LogP contribution in [0.4, 0.5) is 13.2 Å². The van der Waals surface area contributed by atoms with Crippen LogP contribution in [0.1, 0.15) is 24.8 Å². The lowest BCUT2D eigenvalue weighted by Gasteiger charge is -2.36. The van der Waals surface area contributed by atoms with Crippen LogP contribution in [0.15, 0.2) is 48.6 Å². The Bertz CT molecular complexity index is 773. The van der Waals surface area contributed by atoms with E-state index in [0.717, 1.165) is 23.0 Å². The molecule has 1 atom stereocenters. The molecule has 0 radical (unpaired) electrons. The van der Waals surface area contributed by atoms with Gasteiger partial charge in [-0.05, 0) is 30.4 Å².